The molecule has 0 aliphatic rings. The van der Waals surface area contributed by atoms with Gasteiger partial charge in [-0.2, -0.15) is 0 Å². The lowest BCUT2D eigenvalue weighted by Crippen LogP contribution is -2.00. The molecule has 21 heavy (non-hydrogen) atoms. The van der Waals surface area contributed by atoms with E-state index in [-0.39, 0.29) is 10.6 Å². The molecule has 0 N–H and O–H groups in total. The van der Waals surface area contributed by atoms with Crippen LogP contribution in [0.3, 0.4) is 0 Å². The fourth-order valence-electron chi connectivity index (χ4n) is 2.03. The molecule has 0 spiro atoms. The molecule has 5 heteroatoms. The van der Waals surface area contributed by atoms with Crippen LogP contribution in [0.4, 0.5) is 4.39 Å². The number of ether oxygens (including phenoxy) is 1. The van der Waals surface area contributed by atoms with Crippen LogP contribution in [0.25, 0.3) is 0 Å². The van der Waals surface area contributed by atoms with Gasteiger partial charge in [0.15, 0.2) is 0 Å². The van der Waals surface area contributed by atoms with Crippen molar-refractivity contribution in [3.8, 4) is 5.75 Å². The van der Waals surface area contributed by atoms with Crippen molar-refractivity contribution >= 4 is 43.5 Å². The van der Waals surface area contributed by atoms with Crippen molar-refractivity contribution in [3.63, 3.8) is 0 Å². The van der Waals surface area contributed by atoms with E-state index in [1.807, 2.05) is 25.1 Å². The van der Waals surface area contributed by atoms with Crippen molar-refractivity contribution in [2.24, 2.45) is 0 Å². The van der Waals surface area contributed by atoms with Crippen LogP contribution in [0.1, 0.15) is 22.9 Å². The quantitative estimate of drug-likeness (QED) is 0.499. The number of hydrogen-bond acceptors (Lipinski definition) is 1. The van der Waals surface area contributed by atoms with Crippen LogP contribution >= 0.6 is 43.5 Å². The second kappa shape index (κ2) is 7.61. The van der Waals surface area contributed by atoms with E-state index >= 15 is 0 Å². The zero-order valence-electron chi connectivity index (χ0n) is 11.4. The average molecular weight is 437 g/mol. The average Bonchev–Trinajstić information content (AvgIpc) is 2.43. The summed E-state index contributed by atoms with van der Waals surface area (Å²) < 4.78 is 20.2. The van der Waals surface area contributed by atoms with E-state index in [4.69, 9.17) is 16.3 Å². The molecule has 0 amide bonds. The monoisotopic (exact) mass is 434 g/mol. The second-order valence-corrected chi connectivity index (χ2v) is 6.86. The van der Waals surface area contributed by atoms with E-state index in [9.17, 15) is 4.39 Å². The van der Waals surface area contributed by atoms with Gasteiger partial charge >= 0.3 is 0 Å². The molecule has 112 valence electrons. The smallest absolute Gasteiger partial charge is 0.127 e. The first-order chi connectivity index (χ1) is 10.0. The van der Waals surface area contributed by atoms with Gasteiger partial charge in [0.25, 0.3) is 0 Å². The minimum Gasteiger partial charge on any atom is -0.494 e. The Bertz CT molecular complexity index is 613. The number of benzene rings is 2. The van der Waals surface area contributed by atoms with E-state index in [0.717, 1.165) is 15.8 Å². The molecule has 0 saturated carbocycles. The highest BCUT2D eigenvalue weighted by Gasteiger charge is 2.16. The number of halogens is 4. The predicted octanol–water partition coefficient (Wildman–Crippen LogP) is 6.32. The van der Waals surface area contributed by atoms with Gasteiger partial charge in [-0.1, -0.05) is 55.6 Å². The molecule has 0 heterocycles. The van der Waals surface area contributed by atoms with E-state index in [1.165, 1.54) is 6.07 Å². The highest BCUT2D eigenvalue weighted by Crippen LogP contribution is 2.36. The molecule has 1 nitrogen and oxygen atoms in total. The maximum Gasteiger partial charge on any atom is 0.127 e. The van der Waals surface area contributed by atoms with Crippen LogP contribution in [0.5, 0.6) is 5.75 Å². The summed E-state index contributed by atoms with van der Waals surface area (Å²) >= 11 is 13.2. The summed E-state index contributed by atoms with van der Waals surface area (Å²) in [5, 5.41) is 0.446. The summed E-state index contributed by atoms with van der Waals surface area (Å²) in [6.45, 7) is 2.56. The Kier molecular flexibility index (Phi) is 6.08. The molecule has 0 aliphatic heterocycles. The Balaban J connectivity index is 2.22. The van der Waals surface area contributed by atoms with Crippen LogP contribution < -0.4 is 4.74 Å². The highest BCUT2D eigenvalue weighted by atomic mass is 79.9. The third kappa shape index (κ3) is 4.21. The predicted molar refractivity (Wildman–Crippen MR) is 92.1 cm³/mol. The molecule has 1 unspecified atom stereocenters. The Morgan fingerprint density at radius 2 is 2.05 bits per heavy atom. The molecule has 0 bridgehead atoms. The van der Waals surface area contributed by atoms with E-state index in [0.29, 0.717) is 23.6 Å². The Morgan fingerprint density at radius 3 is 2.67 bits per heavy atom. The van der Waals surface area contributed by atoms with Crippen molar-refractivity contribution in [2.45, 2.75) is 18.2 Å². The van der Waals surface area contributed by atoms with Gasteiger partial charge in [0, 0.05) is 19.9 Å². The van der Waals surface area contributed by atoms with Gasteiger partial charge in [0.05, 0.1) is 6.61 Å². The van der Waals surface area contributed by atoms with Crippen LogP contribution in [-0.4, -0.2) is 6.61 Å². The Labute approximate surface area is 145 Å². The minimum atomic E-state index is -0.283. The third-order valence-electron chi connectivity index (χ3n) is 3.07. The highest BCUT2D eigenvalue weighted by molar-refractivity contribution is 9.11. The van der Waals surface area contributed by atoms with Gasteiger partial charge in [0.1, 0.15) is 11.6 Å². The molecule has 0 aliphatic carbocycles. The summed E-state index contributed by atoms with van der Waals surface area (Å²) in [6, 6.07) is 10.5. The van der Waals surface area contributed by atoms with Crippen molar-refractivity contribution < 1.29 is 9.13 Å². The standard InChI is InChI=1S/C16H14Br2ClFO/c1-2-21-10-6-7-11(13(17)8-10)14(18)9-12-15(19)4-3-5-16(12)20/h3-8,14H,2,9H2,1H3. The zero-order valence-corrected chi connectivity index (χ0v) is 15.3. The molecule has 0 aromatic heterocycles. The molecular weight excluding hydrogens is 422 g/mol. The zero-order chi connectivity index (χ0) is 15.4. The van der Waals surface area contributed by atoms with Crippen LogP contribution in [0.15, 0.2) is 40.9 Å². The van der Waals surface area contributed by atoms with Crippen molar-refractivity contribution in [2.75, 3.05) is 6.61 Å². The van der Waals surface area contributed by atoms with E-state index in [1.54, 1.807) is 12.1 Å². The summed E-state index contributed by atoms with van der Waals surface area (Å²) in [4.78, 5) is -0.0445. The minimum absolute atomic E-state index is 0.0445. The lowest BCUT2D eigenvalue weighted by Gasteiger charge is -2.15. The second-order valence-electron chi connectivity index (χ2n) is 4.49. The molecule has 0 fully saturated rings. The first-order valence-corrected chi connectivity index (χ1v) is 8.60. The normalized spacial score (nSPS) is 12.2. The summed E-state index contributed by atoms with van der Waals surface area (Å²) in [5.74, 6) is 0.519. The fraction of sp³-hybridized carbons (Fsp3) is 0.250. The van der Waals surface area contributed by atoms with Crippen LogP contribution in [0.2, 0.25) is 5.02 Å². The van der Waals surface area contributed by atoms with Crippen LogP contribution in [0, 0.1) is 5.82 Å². The van der Waals surface area contributed by atoms with Gasteiger partial charge < -0.3 is 4.74 Å². The van der Waals surface area contributed by atoms with E-state index in [2.05, 4.69) is 31.9 Å². The first-order valence-electron chi connectivity index (χ1n) is 6.52. The molecule has 1 atom stereocenters. The first kappa shape index (κ1) is 16.8. The fourth-order valence-corrected chi connectivity index (χ4v) is 3.94. The van der Waals surface area contributed by atoms with Crippen molar-refractivity contribution in [1.29, 1.82) is 0 Å². The van der Waals surface area contributed by atoms with Gasteiger partial charge in [0.2, 0.25) is 0 Å². The maximum absolute atomic E-state index is 13.9. The molecule has 0 radical (unpaired) electrons. The molecule has 2 rings (SSSR count). The summed E-state index contributed by atoms with van der Waals surface area (Å²) in [6.07, 6.45) is 0.470. The van der Waals surface area contributed by atoms with Gasteiger partial charge in [-0.3, -0.25) is 0 Å². The topological polar surface area (TPSA) is 9.23 Å². The Hall–Kier alpha value is -0.580. The third-order valence-corrected chi connectivity index (χ3v) is 4.92. The molecular formula is C16H14Br2ClFO. The van der Waals surface area contributed by atoms with Crippen molar-refractivity contribution in [1.82, 2.24) is 0 Å². The summed E-state index contributed by atoms with van der Waals surface area (Å²) in [7, 11) is 0. The molecule has 2 aromatic rings. The van der Waals surface area contributed by atoms with Gasteiger partial charge in [-0.15, -0.1) is 0 Å². The number of alkyl halides is 1. The Morgan fingerprint density at radius 1 is 1.29 bits per heavy atom. The van der Waals surface area contributed by atoms with E-state index < -0.39 is 0 Å². The lowest BCUT2D eigenvalue weighted by atomic mass is 10.0. The SMILES string of the molecule is CCOc1ccc(C(Br)Cc2c(F)cccc2Cl)c(Br)c1. The maximum atomic E-state index is 13.9. The molecule has 2 aromatic carbocycles. The van der Waals surface area contributed by atoms with Gasteiger partial charge in [-0.25, -0.2) is 4.39 Å². The largest absolute Gasteiger partial charge is 0.494 e. The summed E-state index contributed by atoms with van der Waals surface area (Å²) in [5.41, 5.74) is 1.54. The lowest BCUT2D eigenvalue weighted by molar-refractivity contribution is 0.340. The molecule has 0 saturated heterocycles. The number of rotatable bonds is 5. The van der Waals surface area contributed by atoms with Gasteiger partial charge in [-0.05, 0) is 43.2 Å². The van der Waals surface area contributed by atoms with Crippen LogP contribution in [-0.2, 0) is 6.42 Å². The number of hydrogen-bond donors (Lipinski definition) is 0. The van der Waals surface area contributed by atoms with Crippen molar-refractivity contribution in [3.05, 3.63) is 62.8 Å².